The molecule has 0 aliphatic carbocycles. The van der Waals surface area contributed by atoms with E-state index >= 15 is 4.39 Å². The molecule has 1 aromatic carbocycles. The van der Waals surface area contributed by atoms with Gasteiger partial charge in [0.15, 0.2) is 11.6 Å². The van der Waals surface area contributed by atoms with Gasteiger partial charge in [-0.25, -0.2) is 9.97 Å². The van der Waals surface area contributed by atoms with Crippen LogP contribution in [0.4, 0.5) is 34.9 Å². The third-order valence-corrected chi connectivity index (χ3v) is 8.44. The molecule has 2 aromatic rings. The van der Waals surface area contributed by atoms with Crippen molar-refractivity contribution in [2.24, 2.45) is 11.7 Å². The smallest absolute Gasteiger partial charge is 0.406 e. The molecule has 2 aliphatic rings. The van der Waals surface area contributed by atoms with Crippen LogP contribution >= 0.6 is 22.9 Å². The van der Waals surface area contributed by atoms with Gasteiger partial charge in [0.05, 0.1) is 40.5 Å². The number of likely N-dealkylation sites (tertiary alicyclic amines) is 1. The van der Waals surface area contributed by atoms with Crippen molar-refractivity contribution in [1.29, 1.82) is 0 Å². The Morgan fingerprint density at radius 1 is 1.25 bits per heavy atom. The summed E-state index contributed by atoms with van der Waals surface area (Å²) in [7, 11) is 1.54. The summed E-state index contributed by atoms with van der Waals surface area (Å²) >= 11 is 1.93. The number of anilines is 3. The number of aryl methyl sites for hydroxylation is 1. The van der Waals surface area contributed by atoms with E-state index in [9.17, 15) is 22.8 Å². The summed E-state index contributed by atoms with van der Waals surface area (Å²) in [5.74, 6) is -2.45. The van der Waals surface area contributed by atoms with E-state index in [0.29, 0.717) is 43.6 Å². The topological polar surface area (TPSA) is 117 Å². The highest BCUT2D eigenvalue weighted by Gasteiger charge is 2.44. The average Bonchev–Trinajstić information content (AvgIpc) is 2.91. The number of hydrogen-bond donors (Lipinski definition) is 2. The molecule has 40 heavy (non-hydrogen) atoms. The molecule has 2 aliphatic heterocycles. The van der Waals surface area contributed by atoms with Crippen LogP contribution in [0.2, 0.25) is 0 Å². The molecule has 15 heteroatoms. The summed E-state index contributed by atoms with van der Waals surface area (Å²) in [6, 6.07) is 2.92. The Hall–Kier alpha value is -3.11. The number of carbonyl (C=O) groups excluding carboxylic acids is 2. The number of nitrogens with two attached hydrogens (primary N) is 1. The van der Waals surface area contributed by atoms with Crippen molar-refractivity contribution < 1.29 is 31.9 Å². The van der Waals surface area contributed by atoms with Gasteiger partial charge in [0.1, 0.15) is 18.1 Å². The number of amides is 2. The summed E-state index contributed by atoms with van der Waals surface area (Å²) in [4.78, 5) is 37.5. The number of piperidine rings is 2. The first-order valence-corrected chi connectivity index (χ1v) is 13.8. The van der Waals surface area contributed by atoms with Crippen LogP contribution < -0.4 is 23.8 Å². The van der Waals surface area contributed by atoms with E-state index in [-0.39, 0.29) is 36.3 Å². The zero-order valence-corrected chi connectivity index (χ0v) is 24.1. The summed E-state index contributed by atoms with van der Waals surface area (Å²) in [5, 5.41) is 2.67. The van der Waals surface area contributed by atoms with Gasteiger partial charge in [0.25, 0.3) is 0 Å². The van der Waals surface area contributed by atoms with Gasteiger partial charge in [-0.05, 0) is 43.4 Å². The largest absolute Gasteiger partial charge is 0.573 e. The van der Waals surface area contributed by atoms with Crippen LogP contribution in [0.25, 0.3) is 0 Å². The maximum Gasteiger partial charge on any atom is 0.573 e. The van der Waals surface area contributed by atoms with Crippen LogP contribution in [-0.4, -0.2) is 71.8 Å². The summed E-state index contributed by atoms with van der Waals surface area (Å²) in [6.45, 7) is 2.59. The number of alkyl halides is 3. The van der Waals surface area contributed by atoms with Crippen molar-refractivity contribution in [3.8, 4) is 5.75 Å². The highest BCUT2D eigenvalue weighted by molar-refractivity contribution is 14.1. The van der Waals surface area contributed by atoms with Crippen molar-refractivity contribution in [3.63, 3.8) is 0 Å². The second kappa shape index (κ2) is 12.2. The Morgan fingerprint density at radius 3 is 2.65 bits per heavy atom. The van der Waals surface area contributed by atoms with Gasteiger partial charge in [-0.1, -0.05) is 6.92 Å². The molecule has 4 rings (SSSR count). The molecule has 10 nitrogen and oxygen atoms in total. The molecule has 1 aromatic heterocycles. The van der Waals surface area contributed by atoms with Gasteiger partial charge in [0.2, 0.25) is 17.6 Å². The summed E-state index contributed by atoms with van der Waals surface area (Å²) < 4.78 is 59.6. The summed E-state index contributed by atoms with van der Waals surface area (Å²) in [6.07, 6.45) is -1.83. The van der Waals surface area contributed by atoms with Gasteiger partial charge >= 0.3 is 6.36 Å². The number of aromatic nitrogens is 2. The number of ether oxygens (including phenoxy) is 1. The first kappa shape index (κ1) is 29.9. The van der Waals surface area contributed by atoms with E-state index in [1.165, 1.54) is 25.5 Å². The molecule has 2 amide bonds. The minimum Gasteiger partial charge on any atom is -0.406 e. The molecule has 2 saturated heterocycles. The third-order valence-electron chi connectivity index (χ3n) is 7.21. The fraction of sp³-hybridized carbons (Fsp3) is 0.520. The van der Waals surface area contributed by atoms with Gasteiger partial charge in [-0.2, -0.15) is 4.39 Å². The molecule has 0 unspecified atom stereocenters. The first-order valence-electron chi connectivity index (χ1n) is 12.8. The Labute approximate surface area is 242 Å². The van der Waals surface area contributed by atoms with E-state index in [4.69, 9.17) is 5.73 Å². The summed E-state index contributed by atoms with van der Waals surface area (Å²) in [5.41, 5.74) is 6.73. The zero-order chi connectivity index (χ0) is 29.2. The lowest BCUT2D eigenvalue weighted by atomic mass is 9.87. The molecular weight excluding hydrogens is 649 g/mol. The number of nitrogens with zero attached hydrogens (tertiary/aromatic N) is 5. The number of halogens is 5. The second-order valence-electron chi connectivity index (χ2n) is 9.66. The maximum absolute atomic E-state index is 15.0. The fourth-order valence-corrected chi connectivity index (χ4v) is 6.09. The van der Waals surface area contributed by atoms with Crippen LogP contribution in [0.5, 0.6) is 5.75 Å². The van der Waals surface area contributed by atoms with Crippen LogP contribution in [0, 0.1) is 11.7 Å². The SMILES string of the molecule is CCc1cc(OC(F)(F)F)cc(N(I)[C@@H]2CCCN([C@H]3CN(c4ncnc(NC)c4F)CC[C@@H]3C(N)=O)C2=O)c1. The molecule has 0 bridgehead atoms. The van der Waals surface area contributed by atoms with Crippen LogP contribution in [-0.2, 0) is 16.0 Å². The van der Waals surface area contributed by atoms with Crippen molar-refractivity contribution in [1.82, 2.24) is 14.9 Å². The van der Waals surface area contributed by atoms with Crippen LogP contribution in [0.3, 0.4) is 0 Å². The lowest BCUT2D eigenvalue weighted by Crippen LogP contribution is -2.62. The number of nitrogens with one attached hydrogen (secondary N) is 1. The van der Waals surface area contributed by atoms with Crippen molar-refractivity contribution in [2.45, 2.75) is 51.1 Å². The number of rotatable bonds is 8. The molecular formula is C25H30F4IN7O3. The van der Waals surface area contributed by atoms with E-state index in [1.54, 1.807) is 25.9 Å². The quantitative estimate of drug-likeness (QED) is 0.247. The van der Waals surface area contributed by atoms with Gasteiger partial charge in [-0.15, -0.1) is 13.2 Å². The highest BCUT2D eigenvalue weighted by atomic mass is 127. The standard InChI is InChI=1S/C25H30F4IN7O3/c1-3-14-9-15(11-16(10-14)40-25(27,28)29)37(30)18-5-4-7-36(24(18)39)19-12-35(8-6-17(19)21(31)38)23-20(26)22(32-2)33-13-34-23/h9-11,13,17-19H,3-8,12H2,1-2H3,(H2,31,38)(H,32,33,34)/t17-,18+,19-/m0/s1. The number of benzene rings is 1. The molecule has 0 radical (unpaired) electrons. The molecule has 3 atom stereocenters. The first-order chi connectivity index (χ1) is 18.9. The Bertz CT molecular complexity index is 1250. The van der Waals surface area contributed by atoms with E-state index in [2.05, 4.69) is 20.0 Å². The van der Waals surface area contributed by atoms with E-state index in [1.807, 2.05) is 22.9 Å². The highest BCUT2D eigenvalue weighted by Crippen LogP contribution is 2.36. The molecule has 2 fully saturated rings. The molecule has 3 heterocycles. The Morgan fingerprint density at radius 2 is 2.00 bits per heavy atom. The lowest BCUT2D eigenvalue weighted by molar-refractivity contribution is -0.274. The Kier molecular flexibility index (Phi) is 9.09. The lowest BCUT2D eigenvalue weighted by Gasteiger charge is -2.47. The minimum absolute atomic E-state index is 0.0245. The zero-order valence-electron chi connectivity index (χ0n) is 21.9. The van der Waals surface area contributed by atoms with Gasteiger partial charge in [-0.3, -0.25) is 9.59 Å². The Balaban J connectivity index is 1.61. The number of hydrogen-bond acceptors (Lipinski definition) is 8. The predicted molar refractivity (Wildman–Crippen MR) is 149 cm³/mol. The number of carbonyl (C=O) groups is 2. The van der Waals surface area contributed by atoms with E-state index in [0.717, 1.165) is 0 Å². The maximum atomic E-state index is 15.0. The predicted octanol–water partition coefficient (Wildman–Crippen LogP) is 3.65. The minimum atomic E-state index is -4.86. The van der Waals surface area contributed by atoms with Crippen LogP contribution in [0.1, 0.15) is 31.7 Å². The van der Waals surface area contributed by atoms with Gasteiger partial charge < -0.3 is 28.7 Å². The molecule has 3 N–H and O–H groups in total. The van der Waals surface area contributed by atoms with E-state index < -0.39 is 36.1 Å². The number of primary amides is 1. The second-order valence-corrected chi connectivity index (χ2v) is 10.7. The van der Waals surface area contributed by atoms with Gasteiger partial charge in [0, 0.05) is 32.7 Å². The normalized spacial score (nSPS) is 21.8. The monoisotopic (exact) mass is 679 g/mol. The van der Waals surface area contributed by atoms with Crippen molar-refractivity contribution in [3.05, 3.63) is 35.9 Å². The van der Waals surface area contributed by atoms with Crippen molar-refractivity contribution in [2.75, 3.05) is 40.0 Å². The molecule has 218 valence electrons. The van der Waals surface area contributed by atoms with Crippen LogP contribution in [0.15, 0.2) is 24.5 Å². The molecule has 0 spiro atoms. The van der Waals surface area contributed by atoms with Crippen molar-refractivity contribution >= 4 is 52.0 Å². The third kappa shape index (κ3) is 6.44. The molecule has 0 saturated carbocycles. The fourth-order valence-electron chi connectivity index (χ4n) is 5.29. The average molecular weight is 679 g/mol.